The van der Waals surface area contributed by atoms with Crippen LogP contribution in [0.3, 0.4) is 0 Å². The Morgan fingerprint density at radius 2 is 2.18 bits per heavy atom. The number of aliphatic hydroxyl groups excluding tert-OH is 1. The first kappa shape index (κ1) is 12.5. The van der Waals surface area contributed by atoms with Crippen molar-refractivity contribution in [2.24, 2.45) is 4.40 Å². The van der Waals surface area contributed by atoms with Gasteiger partial charge in [-0.2, -0.15) is 8.42 Å². The number of halogens is 1. The molecule has 1 aromatic carbocycles. The highest BCUT2D eigenvalue weighted by Gasteiger charge is 2.25. The van der Waals surface area contributed by atoms with Crippen LogP contribution >= 0.6 is 15.9 Å². The Labute approximate surface area is 108 Å². The minimum absolute atomic E-state index is 0.0585. The topological polar surface area (TPSA) is 70.0 Å². The van der Waals surface area contributed by atoms with Crippen LogP contribution in [0.5, 0.6) is 0 Å². The molecule has 1 N–H and O–H groups in total. The third-order valence-corrected chi connectivity index (χ3v) is 4.14. The maximum absolute atomic E-state index is 11.7. The van der Waals surface area contributed by atoms with Crippen LogP contribution < -0.4 is 4.90 Å². The molecule has 5 nitrogen and oxygen atoms in total. The zero-order valence-electron chi connectivity index (χ0n) is 8.88. The van der Waals surface area contributed by atoms with Gasteiger partial charge < -0.3 is 10.0 Å². The van der Waals surface area contributed by atoms with E-state index in [-0.39, 0.29) is 11.5 Å². The Morgan fingerprint density at radius 3 is 2.88 bits per heavy atom. The highest BCUT2D eigenvalue weighted by molar-refractivity contribution is 9.10. The predicted octanol–water partition coefficient (Wildman–Crippen LogP) is 1.37. The van der Waals surface area contributed by atoms with Gasteiger partial charge in [0.05, 0.1) is 5.69 Å². The van der Waals surface area contributed by atoms with Gasteiger partial charge in [-0.05, 0) is 24.6 Å². The summed E-state index contributed by atoms with van der Waals surface area (Å²) in [5.74, 6) is 0. The van der Waals surface area contributed by atoms with Crippen molar-refractivity contribution in [2.75, 3.05) is 18.1 Å². The number of aliphatic hydroxyl groups is 1. The summed E-state index contributed by atoms with van der Waals surface area (Å²) < 4.78 is 27.7. The van der Waals surface area contributed by atoms with Gasteiger partial charge in [-0.15, -0.1) is 4.40 Å². The standard InChI is InChI=1S/C10H11BrN2O3S/c11-8-2-3-9-10(6-8)17(15,16)12-7-13(9)4-1-5-14/h2-3,6-7,14H,1,4-5H2. The van der Waals surface area contributed by atoms with Crippen LogP contribution in [0.1, 0.15) is 6.42 Å². The number of benzene rings is 1. The summed E-state index contributed by atoms with van der Waals surface area (Å²) >= 11 is 3.24. The molecule has 0 aliphatic carbocycles. The second-order valence-electron chi connectivity index (χ2n) is 3.58. The van der Waals surface area contributed by atoms with Crippen molar-refractivity contribution < 1.29 is 13.5 Å². The van der Waals surface area contributed by atoms with E-state index in [1.807, 2.05) is 0 Å². The van der Waals surface area contributed by atoms with E-state index in [0.717, 1.165) is 0 Å². The fraction of sp³-hybridized carbons (Fsp3) is 0.300. The molecule has 0 radical (unpaired) electrons. The Balaban J connectivity index is 2.46. The van der Waals surface area contributed by atoms with Crippen molar-refractivity contribution >= 4 is 38.0 Å². The van der Waals surface area contributed by atoms with Crippen molar-refractivity contribution in [1.82, 2.24) is 0 Å². The Bertz CT molecular complexity index is 557. The van der Waals surface area contributed by atoms with Gasteiger partial charge in [0, 0.05) is 17.6 Å². The fourth-order valence-corrected chi connectivity index (χ4v) is 3.18. The van der Waals surface area contributed by atoms with E-state index in [2.05, 4.69) is 20.3 Å². The van der Waals surface area contributed by atoms with Crippen molar-refractivity contribution in [2.45, 2.75) is 11.3 Å². The predicted molar refractivity (Wildman–Crippen MR) is 68.9 cm³/mol. The summed E-state index contributed by atoms with van der Waals surface area (Å²) in [6, 6.07) is 5.03. The number of hydrogen-bond donors (Lipinski definition) is 1. The van der Waals surface area contributed by atoms with E-state index in [0.29, 0.717) is 23.1 Å². The third kappa shape index (κ3) is 2.51. The fourth-order valence-electron chi connectivity index (χ4n) is 1.59. The van der Waals surface area contributed by atoms with Gasteiger partial charge in [-0.1, -0.05) is 15.9 Å². The van der Waals surface area contributed by atoms with Crippen LogP contribution in [-0.4, -0.2) is 33.0 Å². The third-order valence-electron chi connectivity index (χ3n) is 2.39. The molecule has 0 saturated carbocycles. The average molecular weight is 319 g/mol. The Kier molecular flexibility index (Phi) is 3.50. The highest BCUT2D eigenvalue weighted by Crippen LogP contribution is 2.32. The Morgan fingerprint density at radius 1 is 1.41 bits per heavy atom. The molecule has 92 valence electrons. The maximum atomic E-state index is 11.7. The number of fused-ring (bicyclic) bond motifs is 1. The largest absolute Gasteiger partial charge is 0.396 e. The van der Waals surface area contributed by atoms with Crippen LogP contribution in [0.2, 0.25) is 0 Å². The monoisotopic (exact) mass is 318 g/mol. The molecule has 0 spiro atoms. The van der Waals surface area contributed by atoms with Gasteiger partial charge in [0.15, 0.2) is 0 Å². The number of sulfonamides is 1. The molecular formula is C10H11BrN2O3S. The van der Waals surface area contributed by atoms with Crippen molar-refractivity contribution in [1.29, 1.82) is 0 Å². The number of hydrogen-bond acceptors (Lipinski definition) is 4. The van der Waals surface area contributed by atoms with Gasteiger partial charge in [0.1, 0.15) is 11.2 Å². The minimum atomic E-state index is -3.59. The van der Waals surface area contributed by atoms with Crippen LogP contribution in [0.15, 0.2) is 32.0 Å². The van der Waals surface area contributed by atoms with Gasteiger partial charge in [-0.25, -0.2) is 0 Å². The van der Waals surface area contributed by atoms with Gasteiger partial charge in [0.25, 0.3) is 10.0 Å². The number of anilines is 1. The molecule has 17 heavy (non-hydrogen) atoms. The van der Waals surface area contributed by atoms with E-state index in [9.17, 15) is 8.42 Å². The average Bonchev–Trinajstić information content (AvgIpc) is 2.29. The summed E-state index contributed by atoms with van der Waals surface area (Å²) in [5, 5.41) is 8.79. The first-order valence-corrected chi connectivity index (χ1v) is 7.25. The molecule has 0 saturated heterocycles. The second-order valence-corrected chi connectivity index (χ2v) is 6.09. The smallest absolute Gasteiger partial charge is 0.285 e. The number of nitrogens with zero attached hydrogens (tertiary/aromatic N) is 2. The molecule has 0 atom stereocenters. The minimum Gasteiger partial charge on any atom is -0.396 e. The van der Waals surface area contributed by atoms with E-state index >= 15 is 0 Å². The molecule has 1 heterocycles. The highest BCUT2D eigenvalue weighted by atomic mass is 79.9. The van der Waals surface area contributed by atoms with E-state index < -0.39 is 10.0 Å². The molecular weight excluding hydrogens is 308 g/mol. The Hall–Kier alpha value is -0.920. The first-order chi connectivity index (χ1) is 8.04. The molecule has 1 aromatic rings. The van der Waals surface area contributed by atoms with Gasteiger partial charge >= 0.3 is 0 Å². The molecule has 1 aliphatic rings. The lowest BCUT2D eigenvalue weighted by molar-refractivity contribution is 0.291. The van der Waals surface area contributed by atoms with Crippen LogP contribution in [0.25, 0.3) is 0 Å². The van der Waals surface area contributed by atoms with E-state index in [1.165, 1.54) is 12.4 Å². The lowest BCUT2D eigenvalue weighted by atomic mass is 10.3. The van der Waals surface area contributed by atoms with Crippen LogP contribution in [0, 0.1) is 0 Å². The van der Waals surface area contributed by atoms with Crippen molar-refractivity contribution in [3.8, 4) is 0 Å². The van der Waals surface area contributed by atoms with Gasteiger partial charge in [-0.3, -0.25) is 0 Å². The van der Waals surface area contributed by atoms with Gasteiger partial charge in [0.2, 0.25) is 0 Å². The van der Waals surface area contributed by atoms with Crippen molar-refractivity contribution in [3.05, 3.63) is 22.7 Å². The summed E-state index contributed by atoms with van der Waals surface area (Å²) in [4.78, 5) is 1.91. The zero-order chi connectivity index (χ0) is 12.5. The molecule has 0 unspecified atom stereocenters. The molecule has 0 bridgehead atoms. The van der Waals surface area contributed by atoms with Crippen LogP contribution in [0.4, 0.5) is 5.69 Å². The maximum Gasteiger partial charge on any atom is 0.285 e. The molecule has 1 aliphatic heterocycles. The zero-order valence-corrected chi connectivity index (χ0v) is 11.3. The van der Waals surface area contributed by atoms with E-state index in [4.69, 9.17) is 5.11 Å². The van der Waals surface area contributed by atoms with E-state index in [1.54, 1.807) is 17.0 Å². The lowest BCUT2D eigenvalue weighted by Gasteiger charge is -2.24. The molecule has 2 rings (SSSR count). The summed E-state index contributed by atoms with van der Waals surface area (Å²) in [6.45, 7) is 0.590. The first-order valence-electron chi connectivity index (χ1n) is 5.02. The van der Waals surface area contributed by atoms with Crippen molar-refractivity contribution in [3.63, 3.8) is 0 Å². The summed E-state index contributed by atoms with van der Waals surface area (Å²) in [7, 11) is -3.59. The lowest BCUT2D eigenvalue weighted by Crippen LogP contribution is -2.28. The van der Waals surface area contributed by atoms with Crippen LogP contribution in [-0.2, 0) is 10.0 Å². The molecule has 0 fully saturated rings. The SMILES string of the molecule is O=S1(=O)N=CN(CCCO)c2ccc(Br)cc21. The number of rotatable bonds is 3. The quantitative estimate of drug-likeness (QED) is 0.913. The molecule has 0 amide bonds. The molecule has 0 aromatic heterocycles. The summed E-state index contributed by atoms with van der Waals surface area (Å²) in [6.07, 6.45) is 1.85. The molecule has 7 heteroatoms. The normalized spacial score (nSPS) is 16.9. The second kappa shape index (κ2) is 4.75. The summed E-state index contributed by atoms with van der Waals surface area (Å²) in [5.41, 5.74) is 0.594.